The molecule has 1 aliphatic heterocycles. The summed E-state index contributed by atoms with van der Waals surface area (Å²) in [5.41, 5.74) is 0. The Bertz CT molecular complexity index is 68.5. The summed E-state index contributed by atoms with van der Waals surface area (Å²) in [4.78, 5) is 2.51. The highest BCUT2D eigenvalue weighted by atomic mass is 15.1. The van der Waals surface area contributed by atoms with Gasteiger partial charge in [0.05, 0.1) is 0 Å². The van der Waals surface area contributed by atoms with Gasteiger partial charge >= 0.3 is 0 Å². The maximum absolute atomic E-state index is 3.15. The number of nitrogens with zero attached hydrogens (tertiary/aromatic N) is 1. The topological polar surface area (TPSA) is 15.3 Å². The molecule has 0 unspecified atom stereocenters. The highest BCUT2D eigenvalue weighted by Crippen LogP contribution is 2.05. The van der Waals surface area contributed by atoms with Gasteiger partial charge < -0.3 is 10.2 Å². The van der Waals surface area contributed by atoms with Crippen LogP contribution in [0.5, 0.6) is 0 Å². The first-order valence-corrected chi connectivity index (χ1v) is 5.80. The smallest absolute Gasteiger partial charge is 0.0107 e. The summed E-state index contributed by atoms with van der Waals surface area (Å²) in [6, 6.07) is 0. The number of rotatable bonds is 3. The van der Waals surface area contributed by atoms with Crippen molar-refractivity contribution in [1.29, 1.82) is 0 Å². The van der Waals surface area contributed by atoms with Gasteiger partial charge in [-0.25, -0.2) is 0 Å². The summed E-state index contributed by atoms with van der Waals surface area (Å²) in [6.45, 7) is 13.0. The van der Waals surface area contributed by atoms with E-state index in [2.05, 4.69) is 10.2 Å². The van der Waals surface area contributed by atoms with E-state index in [0.29, 0.717) is 0 Å². The van der Waals surface area contributed by atoms with Gasteiger partial charge in [-0.2, -0.15) is 0 Å². The normalized spacial score (nSPS) is 15.5. The summed E-state index contributed by atoms with van der Waals surface area (Å²) in [6.07, 6.45) is 2.81. The molecule has 0 atom stereocenters. The van der Waals surface area contributed by atoms with Gasteiger partial charge in [0.15, 0.2) is 0 Å². The van der Waals surface area contributed by atoms with Gasteiger partial charge in [-0.1, -0.05) is 27.7 Å². The molecule has 0 aliphatic carbocycles. The fourth-order valence-electron chi connectivity index (χ4n) is 1.28. The molecular weight excluding hydrogens is 160 g/mol. The van der Waals surface area contributed by atoms with Crippen molar-refractivity contribution in [1.82, 2.24) is 10.2 Å². The van der Waals surface area contributed by atoms with Crippen LogP contribution in [0.15, 0.2) is 0 Å². The molecule has 0 amide bonds. The predicted molar refractivity (Wildman–Crippen MR) is 62.3 cm³/mol. The lowest BCUT2D eigenvalue weighted by Crippen LogP contribution is -2.27. The molecule has 0 spiro atoms. The first-order chi connectivity index (χ1) is 6.43. The van der Waals surface area contributed by atoms with Crippen LogP contribution < -0.4 is 5.32 Å². The first kappa shape index (κ1) is 15.4. The molecule has 13 heavy (non-hydrogen) atoms. The van der Waals surface area contributed by atoms with E-state index in [1.165, 1.54) is 32.5 Å². The van der Waals surface area contributed by atoms with Crippen molar-refractivity contribution < 1.29 is 0 Å². The third-order valence-electron chi connectivity index (χ3n) is 1.88. The van der Waals surface area contributed by atoms with E-state index in [1.807, 2.05) is 34.7 Å². The molecule has 0 radical (unpaired) electrons. The van der Waals surface area contributed by atoms with Gasteiger partial charge in [0.2, 0.25) is 0 Å². The zero-order valence-electron chi connectivity index (χ0n) is 10.2. The zero-order chi connectivity index (χ0) is 10.5. The van der Waals surface area contributed by atoms with E-state index < -0.39 is 0 Å². The maximum Gasteiger partial charge on any atom is 0.0107 e. The Hall–Kier alpha value is -0.0800. The lowest BCUT2D eigenvalue weighted by atomic mass is 10.4. The lowest BCUT2D eigenvalue weighted by Gasteiger charge is -2.12. The van der Waals surface area contributed by atoms with Crippen LogP contribution in [-0.4, -0.2) is 38.1 Å². The van der Waals surface area contributed by atoms with Crippen molar-refractivity contribution >= 4 is 0 Å². The molecule has 1 rings (SSSR count). The van der Waals surface area contributed by atoms with Crippen molar-refractivity contribution in [3.8, 4) is 0 Å². The highest BCUT2D eigenvalue weighted by molar-refractivity contribution is 4.65. The first-order valence-electron chi connectivity index (χ1n) is 5.80. The Morgan fingerprint density at radius 3 is 1.85 bits per heavy atom. The SMILES string of the molecule is CC.CC.CNCCN1CCCC1. The Balaban J connectivity index is 0. The summed E-state index contributed by atoms with van der Waals surface area (Å²) < 4.78 is 0. The minimum Gasteiger partial charge on any atom is -0.318 e. The van der Waals surface area contributed by atoms with E-state index in [9.17, 15) is 0 Å². The second kappa shape index (κ2) is 14.4. The number of nitrogens with one attached hydrogen (secondary N) is 1. The van der Waals surface area contributed by atoms with Crippen molar-refractivity contribution in [3.63, 3.8) is 0 Å². The monoisotopic (exact) mass is 188 g/mol. The van der Waals surface area contributed by atoms with E-state index in [1.54, 1.807) is 0 Å². The second-order valence-corrected chi connectivity index (χ2v) is 2.65. The fraction of sp³-hybridized carbons (Fsp3) is 1.00. The molecule has 0 aromatic carbocycles. The fourth-order valence-corrected chi connectivity index (χ4v) is 1.28. The summed E-state index contributed by atoms with van der Waals surface area (Å²) in [5, 5.41) is 3.15. The molecule has 2 heteroatoms. The Kier molecular flexibility index (Phi) is 17.1. The molecule has 0 aromatic rings. The van der Waals surface area contributed by atoms with Crippen LogP contribution in [0.3, 0.4) is 0 Å². The molecule has 1 aliphatic rings. The number of hydrogen-bond donors (Lipinski definition) is 1. The number of likely N-dealkylation sites (N-methyl/N-ethyl adjacent to an activating group) is 1. The van der Waals surface area contributed by atoms with Crippen molar-refractivity contribution in [2.24, 2.45) is 0 Å². The number of likely N-dealkylation sites (tertiary alicyclic amines) is 1. The van der Waals surface area contributed by atoms with E-state index >= 15 is 0 Å². The van der Waals surface area contributed by atoms with Crippen LogP contribution in [-0.2, 0) is 0 Å². The summed E-state index contributed by atoms with van der Waals surface area (Å²) in [7, 11) is 2.01. The molecule has 2 nitrogen and oxygen atoms in total. The van der Waals surface area contributed by atoms with Gasteiger partial charge in [0.1, 0.15) is 0 Å². The Labute approximate surface area is 84.7 Å². The standard InChI is InChI=1S/C7H16N2.2C2H6/c1-8-4-7-9-5-2-3-6-9;2*1-2/h8H,2-7H2,1H3;2*1-2H3. The van der Waals surface area contributed by atoms with E-state index in [0.717, 1.165) is 6.54 Å². The minimum absolute atomic E-state index is 1.14. The quantitative estimate of drug-likeness (QED) is 0.731. The largest absolute Gasteiger partial charge is 0.318 e. The highest BCUT2D eigenvalue weighted by Gasteiger charge is 2.09. The van der Waals surface area contributed by atoms with Crippen molar-refractivity contribution in [3.05, 3.63) is 0 Å². The van der Waals surface area contributed by atoms with Crippen molar-refractivity contribution in [2.45, 2.75) is 40.5 Å². The van der Waals surface area contributed by atoms with E-state index in [-0.39, 0.29) is 0 Å². The molecule has 0 saturated carbocycles. The third kappa shape index (κ3) is 9.84. The van der Waals surface area contributed by atoms with Crippen LogP contribution in [0, 0.1) is 0 Å². The zero-order valence-corrected chi connectivity index (χ0v) is 10.2. The average molecular weight is 188 g/mol. The molecule has 1 fully saturated rings. The van der Waals surface area contributed by atoms with Crippen LogP contribution >= 0.6 is 0 Å². The van der Waals surface area contributed by atoms with Crippen LogP contribution in [0.25, 0.3) is 0 Å². The van der Waals surface area contributed by atoms with Gasteiger partial charge in [-0.05, 0) is 33.0 Å². The molecule has 1 heterocycles. The predicted octanol–water partition coefficient (Wildman–Crippen LogP) is 2.35. The van der Waals surface area contributed by atoms with Gasteiger partial charge in [-0.3, -0.25) is 0 Å². The molecule has 82 valence electrons. The minimum atomic E-state index is 1.14. The number of hydrogen-bond acceptors (Lipinski definition) is 2. The maximum atomic E-state index is 3.15. The van der Waals surface area contributed by atoms with Gasteiger partial charge in [0.25, 0.3) is 0 Å². The van der Waals surface area contributed by atoms with Gasteiger partial charge in [0, 0.05) is 13.1 Å². The molecule has 1 saturated heterocycles. The third-order valence-corrected chi connectivity index (χ3v) is 1.88. The molecule has 0 aromatic heterocycles. The molecular formula is C11H28N2. The Morgan fingerprint density at radius 2 is 1.46 bits per heavy atom. The second-order valence-electron chi connectivity index (χ2n) is 2.65. The summed E-state index contributed by atoms with van der Waals surface area (Å²) >= 11 is 0. The Morgan fingerprint density at radius 1 is 1.00 bits per heavy atom. The van der Waals surface area contributed by atoms with Crippen molar-refractivity contribution in [2.75, 3.05) is 33.2 Å². The molecule has 1 N–H and O–H groups in total. The van der Waals surface area contributed by atoms with Crippen LogP contribution in [0.1, 0.15) is 40.5 Å². The van der Waals surface area contributed by atoms with Crippen LogP contribution in [0.4, 0.5) is 0 Å². The summed E-state index contributed by atoms with van der Waals surface area (Å²) in [5.74, 6) is 0. The molecule has 0 bridgehead atoms. The average Bonchev–Trinajstić information content (AvgIpc) is 2.73. The lowest BCUT2D eigenvalue weighted by molar-refractivity contribution is 0.340. The van der Waals surface area contributed by atoms with Gasteiger partial charge in [-0.15, -0.1) is 0 Å². The van der Waals surface area contributed by atoms with E-state index in [4.69, 9.17) is 0 Å². The van der Waals surface area contributed by atoms with Crippen LogP contribution in [0.2, 0.25) is 0 Å².